The number of nitrogens with zero attached hydrogens (tertiary/aromatic N) is 1. The highest BCUT2D eigenvalue weighted by atomic mass is 32.1. The normalized spacial score (nSPS) is 10.3. The molecule has 0 saturated heterocycles. The standard InChI is InChI=1S/C13H16N2S/c1-11-10-16-13(15-11)14-9-5-8-12-6-3-2-4-7-12/h2-4,6-7,10H,5,8-9H2,1H3,(H,14,15). The van der Waals surface area contributed by atoms with E-state index in [9.17, 15) is 0 Å². The summed E-state index contributed by atoms with van der Waals surface area (Å²) in [6, 6.07) is 10.6. The van der Waals surface area contributed by atoms with Crippen LogP contribution in [0.1, 0.15) is 17.7 Å². The van der Waals surface area contributed by atoms with Gasteiger partial charge >= 0.3 is 0 Å². The van der Waals surface area contributed by atoms with Gasteiger partial charge in [0.05, 0.1) is 5.69 Å². The molecular formula is C13H16N2S. The number of hydrogen-bond donors (Lipinski definition) is 1. The van der Waals surface area contributed by atoms with Crippen molar-refractivity contribution in [2.75, 3.05) is 11.9 Å². The minimum absolute atomic E-state index is 0.988. The van der Waals surface area contributed by atoms with E-state index >= 15 is 0 Å². The number of anilines is 1. The van der Waals surface area contributed by atoms with Gasteiger partial charge < -0.3 is 5.32 Å². The lowest BCUT2D eigenvalue weighted by Gasteiger charge is -2.02. The monoisotopic (exact) mass is 232 g/mol. The van der Waals surface area contributed by atoms with Crippen LogP contribution < -0.4 is 5.32 Å². The average Bonchev–Trinajstić information content (AvgIpc) is 2.72. The summed E-state index contributed by atoms with van der Waals surface area (Å²) in [7, 11) is 0. The van der Waals surface area contributed by atoms with Gasteiger partial charge in [0.15, 0.2) is 5.13 Å². The summed E-state index contributed by atoms with van der Waals surface area (Å²) in [6.07, 6.45) is 2.26. The lowest BCUT2D eigenvalue weighted by molar-refractivity contribution is 0.861. The van der Waals surface area contributed by atoms with Crippen molar-refractivity contribution in [1.82, 2.24) is 4.98 Å². The van der Waals surface area contributed by atoms with Crippen molar-refractivity contribution < 1.29 is 0 Å². The van der Waals surface area contributed by atoms with E-state index in [4.69, 9.17) is 0 Å². The van der Waals surface area contributed by atoms with Crippen molar-refractivity contribution in [3.63, 3.8) is 0 Å². The Morgan fingerprint density at radius 2 is 2.06 bits per heavy atom. The molecule has 2 aromatic rings. The predicted molar refractivity (Wildman–Crippen MR) is 70.1 cm³/mol. The zero-order valence-corrected chi connectivity index (χ0v) is 10.3. The molecular weight excluding hydrogens is 216 g/mol. The number of thiazole rings is 1. The van der Waals surface area contributed by atoms with Crippen LogP contribution in [0.15, 0.2) is 35.7 Å². The number of hydrogen-bond acceptors (Lipinski definition) is 3. The SMILES string of the molecule is Cc1csc(NCCCc2ccccc2)n1. The summed E-state index contributed by atoms with van der Waals surface area (Å²) in [6.45, 7) is 3.01. The Kier molecular flexibility index (Phi) is 3.94. The summed E-state index contributed by atoms with van der Waals surface area (Å²) in [5, 5.41) is 6.45. The van der Waals surface area contributed by atoms with Crippen LogP contribution in [0.25, 0.3) is 0 Å². The van der Waals surface area contributed by atoms with Gasteiger partial charge in [-0.25, -0.2) is 4.98 Å². The van der Waals surface area contributed by atoms with E-state index in [1.165, 1.54) is 5.56 Å². The van der Waals surface area contributed by atoms with E-state index in [1.807, 2.05) is 6.92 Å². The third kappa shape index (κ3) is 3.35. The molecule has 0 amide bonds. The summed E-state index contributed by atoms with van der Waals surface area (Å²) in [5.41, 5.74) is 2.50. The maximum absolute atomic E-state index is 4.36. The molecule has 0 fully saturated rings. The molecule has 1 aromatic heterocycles. The predicted octanol–water partition coefficient (Wildman–Crippen LogP) is 3.50. The van der Waals surface area contributed by atoms with Crippen LogP contribution in [-0.2, 0) is 6.42 Å². The molecule has 0 unspecified atom stereocenters. The highest BCUT2D eigenvalue weighted by molar-refractivity contribution is 7.13. The summed E-state index contributed by atoms with van der Waals surface area (Å²) >= 11 is 1.67. The Morgan fingerprint density at radius 1 is 1.25 bits per heavy atom. The Labute approximate surface area is 100 Å². The Morgan fingerprint density at radius 3 is 2.75 bits per heavy atom. The largest absolute Gasteiger partial charge is 0.362 e. The fraction of sp³-hybridized carbons (Fsp3) is 0.308. The van der Waals surface area contributed by atoms with Crippen LogP contribution in [0.3, 0.4) is 0 Å². The molecule has 0 aliphatic carbocycles. The van der Waals surface area contributed by atoms with Crippen molar-refractivity contribution in [2.45, 2.75) is 19.8 Å². The lowest BCUT2D eigenvalue weighted by Crippen LogP contribution is -2.02. The number of benzene rings is 1. The first-order valence-electron chi connectivity index (χ1n) is 5.54. The van der Waals surface area contributed by atoms with Gasteiger partial charge in [0.1, 0.15) is 0 Å². The Balaban J connectivity index is 1.69. The van der Waals surface area contributed by atoms with Crippen LogP contribution in [0.2, 0.25) is 0 Å². The molecule has 0 aliphatic heterocycles. The number of rotatable bonds is 5. The topological polar surface area (TPSA) is 24.9 Å². The van der Waals surface area contributed by atoms with Crippen LogP contribution in [0.5, 0.6) is 0 Å². The smallest absolute Gasteiger partial charge is 0.182 e. The van der Waals surface area contributed by atoms with E-state index in [1.54, 1.807) is 11.3 Å². The molecule has 0 radical (unpaired) electrons. The third-order valence-electron chi connectivity index (χ3n) is 2.38. The van der Waals surface area contributed by atoms with Gasteiger partial charge in [0, 0.05) is 11.9 Å². The molecule has 0 bridgehead atoms. The van der Waals surface area contributed by atoms with Crippen LogP contribution in [0.4, 0.5) is 5.13 Å². The second kappa shape index (κ2) is 5.66. The molecule has 1 N–H and O–H groups in total. The van der Waals surface area contributed by atoms with Crippen molar-refractivity contribution in [3.05, 3.63) is 47.0 Å². The van der Waals surface area contributed by atoms with Gasteiger partial charge in [-0.3, -0.25) is 0 Å². The van der Waals surface area contributed by atoms with E-state index in [0.717, 1.165) is 30.2 Å². The van der Waals surface area contributed by atoms with E-state index in [-0.39, 0.29) is 0 Å². The first-order valence-corrected chi connectivity index (χ1v) is 6.42. The molecule has 2 rings (SSSR count). The van der Waals surface area contributed by atoms with Crippen molar-refractivity contribution in [3.8, 4) is 0 Å². The van der Waals surface area contributed by atoms with E-state index in [0.29, 0.717) is 0 Å². The minimum atomic E-state index is 0.988. The molecule has 16 heavy (non-hydrogen) atoms. The fourth-order valence-electron chi connectivity index (χ4n) is 1.57. The molecule has 84 valence electrons. The summed E-state index contributed by atoms with van der Waals surface area (Å²) in [4.78, 5) is 4.36. The maximum Gasteiger partial charge on any atom is 0.182 e. The van der Waals surface area contributed by atoms with Gasteiger partial charge in [-0.15, -0.1) is 11.3 Å². The molecule has 1 heterocycles. The van der Waals surface area contributed by atoms with Crippen molar-refractivity contribution >= 4 is 16.5 Å². The molecule has 0 aliphatic rings. The van der Waals surface area contributed by atoms with Crippen LogP contribution in [-0.4, -0.2) is 11.5 Å². The number of nitrogens with one attached hydrogen (secondary N) is 1. The van der Waals surface area contributed by atoms with Gasteiger partial charge in [0.2, 0.25) is 0 Å². The second-order valence-electron chi connectivity index (χ2n) is 3.81. The zero-order valence-electron chi connectivity index (χ0n) is 9.44. The molecule has 3 heteroatoms. The lowest BCUT2D eigenvalue weighted by atomic mass is 10.1. The Bertz CT molecular complexity index is 423. The molecule has 1 aromatic carbocycles. The fourth-order valence-corrected chi connectivity index (χ4v) is 2.28. The highest BCUT2D eigenvalue weighted by Gasteiger charge is 1.97. The molecule has 0 saturated carbocycles. The van der Waals surface area contributed by atoms with Gasteiger partial charge in [-0.05, 0) is 25.3 Å². The average molecular weight is 232 g/mol. The summed E-state index contributed by atoms with van der Waals surface area (Å²) in [5.74, 6) is 0. The number of aromatic nitrogens is 1. The molecule has 0 atom stereocenters. The minimum Gasteiger partial charge on any atom is -0.362 e. The highest BCUT2D eigenvalue weighted by Crippen LogP contribution is 2.14. The van der Waals surface area contributed by atoms with Crippen LogP contribution >= 0.6 is 11.3 Å². The second-order valence-corrected chi connectivity index (χ2v) is 4.67. The first-order chi connectivity index (χ1) is 7.84. The quantitative estimate of drug-likeness (QED) is 0.798. The third-order valence-corrected chi connectivity index (χ3v) is 3.30. The van der Waals surface area contributed by atoms with E-state index < -0.39 is 0 Å². The number of aryl methyl sites for hydroxylation is 2. The van der Waals surface area contributed by atoms with Crippen molar-refractivity contribution in [2.24, 2.45) is 0 Å². The van der Waals surface area contributed by atoms with Gasteiger partial charge in [-0.2, -0.15) is 0 Å². The van der Waals surface area contributed by atoms with Gasteiger partial charge in [-0.1, -0.05) is 30.3 Å². The zero-order chi connectivity index (χ0) is 11.2. The first kappa shape index (κ1) is 11.1. The van der Waals surface area contributed by atoms with Crippen LogP contribution in [0, 0.1) is 6.92 Å². The van der Waals surface area contributed by atoms with E-state index in [2.05, 4.69) is 46.0 Å². The molecule has 2 nitrogen and oxygen atoms in total. The maximum atomic E-state index is 4.36. The summed E-state index contributed by atoms with van der Waals surface area (Å²) < 4.78 is 0. The van der Waals surface area contributed by atoms with Gasteiger partial charge in [0.25, 0.3) is 0 Å². The Hall–Kier alpha value is -1.35. The van der Waals surface area contributed by atoms with Crippen molar-refractivity contribution in [1.29, 1.82) is 0 Å². The molecule has 0 spiro atoms.